The van der Waals surface area contributed by atoms with Crippen molar-refractivity contribution in [2.45, 2.75) is 295 Å². The molecule has 0 spiro atoms. The van der Waals surface area contributed by atoms with E-state index >= 15 is 0 Å². The van der Waals surface area contributed by atoms with Crippen LogP contribution in [0.1, 0.15) is 289 Å². The Morgan fingerprint density at radius 1 is 0.408 bits per heavy atom. The van der Waals surface area contributed by atoms with Gasteiger partial charge in [0.2, 0.25) is 0 Å². The topological polar surface area (TPSA) is 43.5 Å². The number of benzene rings is 2. The summed E-state index contributed by atoms with van der Waals surface area (Å²) in [7, 11) is 0. The predicted molar refractivity (Wildman–Crippen MR) is 308 cm³/mol. The van der Waals surface area contributed by atoms with Gasteiger partial charge in [0.1, 0.15) is 11.5 Å². The maximum atomic E-state index is 7.37. The summed E-state index contributed by atoms with van der Waals surface area (Å²) < 4.78 is 26.5. The van der Waals surface area contributed by atoms with Crippen LogP contribution in [-0.4, -0.2) is 38.6 Å². The minimum Gasteiger partial charge on any atom is -0.493 e. The van der Waals surface area contributed by atoms with E-state index < -0.39 is 0 Å². The highest BCUT2D eigenvalue weighted by molar-refractivity contribution is 5.58. The number of ether oxygens (including phenoxy) is 4. The van der Waals surface area contributed by atoms with E-state index in [-0.39, 0.29) is 48.7 Å². The van der Waals surface area contributed by atoms with Crippen molar-refractivity contribution in [3.05, 3.63) is 57.6 Å². The van der Waals surface area contributed by atoms with Gasteiger partial charge in [-0.25, -0.2) is 0 Å². The standard InChI is InChI=1S/C67H116O4/c1-25-27-31-47(55-41-70-55)33-29-35-68-57-51(63(15,16)43-59(3,4)5)37-49(38-52(57)64(17,18)44-60(6,7)8)67(23,24)50-39-53(65(19,20)45-61(9,10)11)58(54(40-50)66(21,22)46-62(12,13)14)69-36-30-34-48(32-28-26-2)56-42-71-56/h37-40,47-48,55-56H,25-36,41-46H2,1-24H3. The van der Waals surface area contributed by atoms with E-state index in [0.717, 1.165) is 89.3 Å². The molecule has 2 aromatic carbocycles. The van der Waals surface area contributed by atoms with Gasteiger partial charge in [-0.2, -0.15) is 0 Å². The molecule has 0 amide bonds. The molecule has 0 bridgehead atoms. The third-order valence-corrected chi connectivity index (χ3v) is 16.0. The van der Waals surface area contributed by atoms with Crippen molar-refractivity contribution >= 4 is 0 Å². The summed E-state index contributed by atoms with van der Waals surface area (Å²) in [6.45, 7) is 61.7. The van der Waals surface area contributed by atoms with Crippen LogP contribution in [0.2, 0.25) is 0 Å². The van der Waals surface area contributed by atoms with Crippen LogP contribution < -0.4 is 9.47 Å². The molecule has 0 aromatic heterocycles. The largest absolute Gasteiger partial charge is 0.493 e. The van der Waals surface area contributed by atoms with Crippen LogP contribution >= 0.6 is 0 Å². The zero-order valence-corrected chi connectivity index (χ0v) is 51.5. The number of unbranched alkanes of at least 4 members (excludes halogenated alkanes) is 2. The molecule has 0 N–H and O–H groups in total. The van der Waals surface area contributed by atoms with E-state index in [0.29, 0.717) is 24.0 Å². The lowest BCUT2D eigenvalue weighted by atomic mass is 9.64. The van der Waals surface area contributed by atoms with Crippen molar-refractivity contribution in [3.63, 3.8) is 0 Å². The predicted octanol–water partition coefficient (Wildman–Crippen LogP) is 19.6. The summed E-state index contributed by atoms with van der Waals surface area (Å²) >= 11 is 0. The van der Waals surface area contributed by atoms with Crippen LogP contribution in [0, 0.1) is 33.5 Å². The van der Waals surface area contributed by atoms with Crippen LogP contribution in [0.4, 0.5) is 0 Å². The van der Waals surface area contributed by atoms with Gasteiger partial charge in [-0.3, -0.25) is 0 Å². The molecule has 71 heavy (non-hydrogen) atoms. The summed E-state index contributed by atoms with van der Waals surface area (Å²) in [4.78, 5) is 0. The van der Waals surface area contributed by atoms with Gasteiger partial charge in [-0.05, 0) is 130 Å². The third kappa shape index (κ3) is 18.6. The van der Waals surface area contributed by atoms with E-state index in [1.807, 2.05) is 0 Å². The van der Waals surface area contributed by atoms with Gasteiger partial charge < -0.3 is 18.9 Å². The van der Waals surface area contributed by atoms with Gasteiger partial charge in [-0.1, -0.05) is 216 Å². The van der Waals surface area contributed by atoms with Crippen LogP contribution in [0.25, 0.3) is 0 Å². The van der Waals surface area contributed by atoms with Crippen molar-refractivity contribution in [2.24, 2.45) is 33.5 Å². The summed E-state index contributed by atoms with van der Waals surface area (Å²) in [5.41, 5.74) is 7.78. The SMILES string of the molecule is CCCCC(CCCOc1c(C(C)(C)CC(C)(C)C)cc(C(C)(C)c2cc(C(C)(C)CC(C)(C)C)c(OCCCC(CCCC)C3CO3)c(C(C)(C)CC(C)(C)C)c2)cc1C(C)(C)CC(C)(C)C)C1CO1. The van der Waals surface area contributed by atoms with Gasteiger partial charge in [0, 0.05) is 27.7 Å². The molecule has 2 aliphatic heterocycles. The van der Waals surface area contributed by atoms with Crippen LogP contribution in [0.5, 0.6) is 11.5 Å². The number of epoxide rings is 2. The Hall–Kier alpha value is -2.04. The van der Waals surface area contributed by atoms with Crippen LogP contribution in [0.3, 0.4) is 0 Å². The molecular weight excluding hydrogens is 869 g/mol. The van der Waals surface area contributed by atoms with E-state index in [9.17, 15) is 0 Å². The number of hydrogen-bond acceptors (Lipinski definition) is 4. The zero-order valence-electron chi connectivity index (χ0n) is 51.5. The smallest absolute Gasteiger partial charge is 0.126 e. The first-order valence-electron chi connectivity index (χ1n) is 29.2. The number of hydrogen-bond donors (Lipinski definition) is 0. The van der Waals surface area contributed by atoms with Crippen LogP contribution in [-0.2, 0) is 36.5 Å². The van der Waals surface area contributed by atoms with Gasteiger partial charge in [0.15, 0.2) is 0 Å². The van der Waals surface area contributed by atoms with Crippen molar-refractivity contribution < 1.29 is 18.9 Å². The minimum atomic E-state index is -0.344. The second-order valence-corrected chi connectivity index (χ2v) is 31.4. The molecule has 2 aliphatic rings. The molecule has 0 aliphatic carbocycles. The lowest BCUT2D eigenvalue weighted by Crippen LogP contribution is -2.32. The fourth-order valence-corrected chi connectivity index (χ4v) is 13.8. The Labute approximate surface area is 441 Å². The van der Waals surface area contributed by atoms with Crippen molar-refractivity contribution in [1.29, 1.82) is 0 Å². The minimum absolute atomic E-state index is 0.128. The fourth-order valence-electron chi connectivity index (χ4n) is 13.8. The van der Waals surface area contributed by atoms with Crippen molar-refractivity contribution in [3.8, 4) is 11.5 Å². The van der Waals surface area contributed by atoms with Crippen molar-refractivity contribution in [1.82, 2.24) is 0 Å². The Morgan fingerprint density at radius 2 is 0.648 bits per heavy atom. The van der Waals surface area contributed by atoms with Gasteiger partial charge >= 0.3 is 0 Å². The molecule has 4 heteroatoms. The fraction of sp³-hybridized carbons (Fsp3) is 0.821. The molecule has 4 rings (SSSR count). The molecule has 0 radical (unpaired) electrons. The van der Waals surface area contributed by atoms with E-state index in [4.69, 9.17) is 18.9 Å². The first kappa shape index (κ1) is 61.5. The summed E-state index contributed by atoms with van der Waals surface area (Å²) in [5.74, 6) is 3.53. The second kappa shape index (κ2) is 23.5. The molecule has 2 aromatic rings. The average Bonchev–Trinajstić information content (AvgIpc) is 4.11. The van der Waals surface area contributed by atoms with Gasteiger partial charge in [0.05, 0.1) is 38.6 Å². The molecule has 4 nitrogen and oxygen atoms in total. The van der Waals surface area contributed by atoms with E-state index in [2.05, 4.69) is 190 Å². The molecule has 2 heterocycles. The highest BCUT2D eigenvalue weighted by Gasteiger charge is 2.42. The van der Waals surface area contributed by atoms with Gasteiger partial charge in [-0.15, -0.1) is 0 Å². The highest BCUT2D eigenvalue weighted by Crippen LogP contribution is 2.53. The monoisotopic (exact) mass is 985 g/mol. The highest BCUT2D eigenvalue weighted by atomic mass is 16.6. The normalized spacial score (nSPS) is 18.4. The first-order chi connectivity index (χ1) is 32.3. The lowest BCUT2D eigenvalue weighted by molar-refractivity contribution is 0.234. The van der Waals surface area contributed by atoms with E-state index in [1.165, 1.54) is 71.9 Å². The maximum Gasteiger partial charge on any atom is 0.126 e. The summed E-state index contributed by atoms with van der Waals surface area (Å²) in [6, 6.07) is 10.4. The molecular formula is C67H116O4. The quantitative estimate of drug-likeness (QED) is 0.0629. The summed E-state index contributed by atoms with van der Waals surface area (Å²) in [5, 5.41) is 0. The Kier molecular flexibility index (Phi) is 20.3. The first-order valence-corrected chi connectivity index (χ1v) is 29.2. The molecule has 0 saturated carbocycles. The Morgan fingerprint density at radius 3 is 0.859 bits per heavy atom. The van der Waals surface area contributed by atoms with Crippen LogP contribution in [0.15, 0.2) is 24.3 Å². The third-order valence-electron chi connectivity index (χ3n) is 16.0. The zero-order chi connectivity index (χ0) is 53.8. The number of rotatable bonds is 28. The van der Waals surface area contributed by atoms with Gasteiger partial charge in [0.25, 0.3) is 0 Å². The molecule has 4 unspecified atom stereocenters. The molecule has 2 saturated heterocycles. The Balaban J connectivity index is 2.02. The maximum absolute atomic E-state index is 7.37. The Bertz CT molecular complexity index is 1730. The lowest BCUT2D eigenvalue weighted by Gasteiger charge is -2.42. The summed E-state index contributed by atoms with van der Waals surface area (Å²) in [6.07, 6.45) is 17.0. The molecule has 408 valence electrons. The molecule has 4 atom stereocenters. The van der Waals surface area contributed by atoms with Crippen molar-refractivity contribution in [2.75, 3.05) is 26.4 Å². The molecule has 2 fully saturated rings. The second-order valence-electron chi connectivity index (χ2n) is 31.4. The van der Waals surface area contributed by atoms with E-state index in [1.54, 1.807) is 0 Å². The average molecular weight is 986 g/mol.